The summed E-state index contributed by atoms with van der Waals surface area (Å²) in [7, 11) is -2.14. The minimum Gasteiger partial charge on any atom is -0.466 e. The van der Waals surface area contributed by atoms with Gasteiger partial charge in [0.2, 0.25) is 0 Å². The molecule has 1 unspecified atom stereocenters. The zero-order valence-electron chi connectivity index (χ0n) is 13.2. The Hall–Kier alpha value is -1.89. The first kappa shape index (κ1) is 17.5. The van der Waals surface area contributed by atoms with Crippen LogP contribution in [0.25, 0.3) is 0 Å². The van der Waals surface area contributed by atoms with Crippen molar-refractivity contribution in [1.82, 2.24) is 0 Å². The number of hydrogen-bond donors (Lipinski definition) is 0. The van der Waals surface area contributed by atoms with Crippen LogP contribution in [0.5, 0.6) is 0 Å². The second-order valence-corrected chi connectivity index (χ2v) is 7.77. The van der Waals surface area contributed by atoms with Crippen molar-refractivity contribution < 1.29 is 27.5 Å². The minimum absolute atomic E-state index is 0.186. The van der Waals surface area contributed by atoms with Crippen molar-refractivity contribution >= 4 is 21.8 Å². The molecule has 0 radical (unpaired) electrons. The van der Waals surface area contributed by atoms with E-state index >= 15 is 0 Å². The molecule has 0 saturated heterocycles. The number of rotatable bonds is 5. The number of carbonyl (C=O) groups is 2. The first-order valence-electron chi connectivity index (χ1n) is 7.49. The number of carbonyl (C=O) groups excluding carboxylic acids is 2. The maximum Gasteiger partial charge on any atom is 0.346 e. The van der Waals surface area contributed by atoms with E-state index in [4.69, 9.17) is 4.74 Å². The van der Waals surface area contributed by atoms with Gasteiger partial charge in [-0.15, -0.1) is 0 Å². The lowest BCUT2D eigenvalue weighted by Crippen LogP contribution is -2.25. The summed E-state index contributed by atoms with van der Waals surface area (Å²) in [6.07, 6.45) is 2.21. The van der Waals surface area contributed by atoms with E-state index in [9.17, 15) is 18.0 Å². The SMILES string of the molecule is COC(=O)C(C)OC(=O)c1ccc(S(=O)(=O)C2CCCC2)cc1. The highest BCUT2D eigenvalue weighted by Crippen LogP contribution is 2.29. The molecule has 0 N–H and O–H groups in total. The number of hydrogen-bond acceptors (Lipinski definition) is 6. The van der Waals surface area contributed by atoms with Crippen molar-refractivity contribution in [1.29, 1.82) is 0 Å². The Morgan fingerprint density at radius 3 is 2.22 bits per heavy atom. The molecule has 6 nitrogen and oxygen atoms in total. The summed E-state index contributed by atoms with van der Waals surface area (Å²) < 4.78 is 34.3. The molecule has 0 amide bonds. The van der Waals surface area contributed by atoms with Gasteiger partial charge in [0.25, 0.3) is 0 Å². The molecule has 0 heterocycles. The van der Waals surface area contributed by atoms with Gasteiger partial charge in [0.1, 0.15) is 0 Å². The molecule has 2 rings (SSSR count). The number of benzene rings is 1. The van der Waals surface area contributed by atoms with E-state index in [-0.39, 0.29) is 15.7 Å². The summed E-state index contributed by atoms with van der Waals surface area (Å²) in [6.45, 7) is 1.41. The maximum atomic E-state index is 12.4. The minimum atomic E-state index is -3.35. The molecule has 0 bridgehead atoms. The van der Waals surface area contributed by atoms with E-state index in [1.165, 1.54) is 38.3 Å². The Morgan fingerprint density at radius 2 is 1.70 bits per heavy atom. The normalized spacial score (nSPS) is 16.8. The lowest BCUT2D eigenvalue weighted by atomic mass is 10.2. The Morgan fingerprint density at radius 1 is 1.13 bits per heavy atom. The van der Waals surface area contributed by atoms with Crippen molar-refractivity contribution in [2.45, 2.75) is 48.9 Å². The van der Waals surface area contributed by atoms with Crippen molar-refractivity contribution in [3.63, 3.8) is 0 Å². The van der Waals surface area contributed by atoms with E-state index in [1.54, 1.807) is 0 Å². The Balaban J connectivity index is 2.10. The van der Waals surface area contributed by atoms with Gasteiger partial charge in [-0.2, -0.15) is 0 Å². The average Bonchev–Trinajstić information content (AvgIpc) is 3.09. The number of sulfone groups is 1. The molecule has 1 saturated carbocycles. The molecule has 23 heavy (non-hydrogen) atoms. The molecular weight excluding hydrogens is 320 g/mol. The third kappa shape index (κ3) is 3.90. The first-order valence-corrected chi connectivity index (χ1v) is 9.03. The van der Waals surface area contributed by atoms with Gasteiger partial charge in [-0.3, -0.25) is 0 Å². The molecule has 7 heteroatoms. The smallest absolute Gasteiger partial charge is 0.346 e. The van der Waals surface area contributed by atoms with E-state index in [0.717, 1.165) is 12.8 Å². The van der Waals surface area contributed by atoms with Crippen LogP contribution < -0.4 is 0 Å². The van der Waals surface area contributed by atoms with Gasteiger partial charge in [-0.1, -0.05) is 12.8 Å². The van der Waals surface area contributed by atoms with Crippen molar-refractivity contribution in [2.24, 2.45) is 0 Å². The molecular formula is C16H20O6S. The summed E-state index contributed by atoms with van der Waals surface area (Å²) in [5.41, 5.74) is 0.186. The molecule has 126 valence electrons. The molecule has 1 atom stereocenters. The van der Waals surface area contributed by atoms with Crippen LogP contribution >= 0.6 is 0 Å². The van der Waals surface area contributed by atoms with Crippen LogP contribution in [0.1, 0.15) is 43.0 Å². The third-order valence-electron chi connectivity index (χ3n) is 3.98. The summed E-state index contributed by atoms with van der Waals surface area (Å²) >= 11 is 0. The molecule has 0 spiro atoms. The number of esters is 2. The standard InChI is InChI=1S/C16H20O6S/c1-11(15(17)21-2)22-16(18)12-7-9-14(10-8-12)23(19,20)13-5-3-4-6-13/h7-11,13H,3-6H2,1-2H3. The molecule has 1 aromatic carbocycles. The zero-order chi connectivity index (χ0) is 17.0. The van der Waals surface area contributed by atoms with Gasteiger partial charge < -0.3 is 9.47 Å². The highest BCUT2D eigenvalue weighted by Gasteiger charge is 2.30. The number of ether oxygens (including phenoxy) is 2. The third-order valence-corrected chi connectivity index (χ3v) is 6.25. The maximum absolute atomic E-state index is 12.4. The van der Waals surface area contributed by atoms with Gasteiger partial charge in [-0.05, 0) is 44.0 Å². The molecule has 0 aromatic heterocycles. The van der Waals surface area contributed by atoms with E-state index in [1.807, 2.05) is 0 Å². The highest BCUT2D eigenvalue weighted by molar-refractivity contribution is 7.92. The summed E-state index contributed by atoms with van der Waals surface area (Å²) in [4.78, 5) is 23.4. The average molecular weight is 340 g/mol. The largest absolute Gasteiger partial charge is 0.466 e. The van der Waals surface area contributed by atoms with Crippen LogP contribution in [-0.2, 0) is 24.1 Å². The van der Waals surface area contributed by atoms with Crippen LogP contribution in [0.4, 0.5) is 0 Å². The van der Waals surface area contributed by atoms with Crippen LogP contribution in [-0.4, -0.2) is 38.8 Å². The van der Waals surface area contributed by atoms with Gasteiger partial charge >= 0.3 is 11.9 Å². The Bertz CT molecular complexity index is 671. The van der Waals surface area contributed by atoms with Gasteiger partial charge in [0.15, 0.2) is 15.9 Å². The second kappa shape index (κ2) is 7.12. The van der Waals surface area contributed by atoms with Crippen LogP contribution in [0.15, 0.2) is 29.2 Å². The van der Waals surface area contributed by atoms with E-state index in [2.05, 4.69) is 4.74 Å². The highest BCUT2D eigenvalue weighted by atomic mass is 32.2. The van der Waals surface area contributed by atoms with E-state index in [0.29, 0.717) is 12.8 Å². The van der Waals surface area contributed by atoms with Gasteiger partial charge in [-0.25, -0.2) is 18.0 Å². The quantitative estimate of drug-likeness (QED) is 0.763. The number of methoxy groups -OCH3 is 1. The lowest BCUT2D eigenvalue weighted by Gasteiger charge is -2.13. The predicted molar refractivity (Wildman–Crippen MR) is 82.8 cm³/mol. The summed E-state index contributed by atoms with van der Waals surface area (Å²) in [6, 6.07) is 5.61. The van der Waals surface area contributed by atoms with Crippen LogP contribution in [0.2, 0.25) is 0 Å². The van der Waals surface area contributed by atoms with Crippen LogP contribution in [0.3, 0.4) is 0 Å². The summed E-state index contributed by atoms with van der Waals surface area (Å²) in [5, 5.41) is -0.334. The van der Waals surface area contributed by atoms with Gasteiger partial charge in [0, 0.05) is 0 Å². The van der Waals surface area contributed by atoms with Gasteiger partial charge in [0.05, 0.1) is 22.8 Å². The monoisotopic (exact) mass is 340 g/mol. The van der Waals surface area contributed by atoms with Crippen molar-refractivity contribution in [2.75, 3.05) is 7.11 Å². The summed E-state index contributed by atoms with van der Waals surface area (Å²) in [5.74, 6) is -1.36. The Kier molecular flexibility index (Phi) is 5.41. The fourth-order valence-corrected chi connectivity index (χ4v) is 4.47. The molecule has 1 fully saturated rings. The first-order chi connectivity index (χ1) is 10.9. The molecule has 1 aliphatic carbocycles. The predicted octanol–water partition coefficient (Wildman–Crippen LogP) is 2.12. The Labute approximate surface area is 135 Å². The molecule has 1 aromatic rings. The lowest BCUT2D eigenvalue weighted by molar-refractivity contribution is -0.149. The molecule has 0 aliphatic heterocycles. The second-order valence-electron chi connectivity index (χ2n) is 5.55. The fourth-order valence-electron chi connectivity index (χ4n) is 2.61. The zero-order valence-corrected chi connectivity index (χ0v) is 14.0. The topological polar surface area (TPSA) is 86.7 Å². The molecule has 1 aliphatic rings. The van der Waals surface area contributed by atoms with Crippen LogP contribution in [0, 0.1) is 0 Å². The fraction of sp³-hybridized carbons (Fsp3) is 0.500. The van der Waals surface area contributed by atoms with Crippen molar-refractivity contribution in [3.8, 4) is 0 Å². The van der Waals surface area contributed by atoms with Crippen molar-refractivity contribution in [3.05, 3.63) is 29.8 Å². The van der Waals surface area contributed by atoms with E-state index < -0.39 is 27.9 Å².